The summed E-state index contributed by atoms with van der Waals surface area (Å²) in [6.07, 6.45) is 1.97. The third-order valence-corrected chi connectivity index (χ3v) is 5.05. The summed E-state index contributed by atoms with van der Waals surface area (Å²) in [5.41, 5.74) is 5.42. The Balaban J connectivity index is 3.96. The lowest BCUT2D eigenvalue weighted by atomic mass is 10.3. The summed E-state index contributed by atoms with van der Waals surface area (Å²) in [7, 11) is -2.36. The molecule has 0 aliphatic heterocycles. The molecule has 92 valence electrons. The number of hydrogen-bond acceptors (Lipinski definition) is 4. The van der Waals surface area contributed by atoms with Gasteiger partial charge in [-0.05, 0) is 33.2 Å². The molecule has 0 saturated heterocycles. The molecule has 5 heteroatoms. The van der Waals surface area contributed by atoms with Crippen LogP contribution in [0.5, 0.6) is 0 Å². The van der Waals surface area contributed by atoms with E-state index in [1.54, 1.807) is 0 Å². The van der Waals surface area contributed by atoms with Crippen LogP contribution in [0.3, 0.4) is 0 Å². The van der Waals surface area contributed by atoms with Crippen molar-refractivity contribution in [2.24, 2.45) is 5.73 Å². The van der Waals surface area contributed by atoms with Gasteiger partial charge in [0.1, 0.15) is 0 Å². The van der Waals surface area contributed by atoms with Gasteiger partial charge >= 0.3 is 8.80 Å². The van der Waals surface area contributed by atoms with Gasteiger partial charge in [0.2, 0.25) is 0 Å². The minimum Gasteiger partial charge on any atom is -0.374 e. The Morgan fingerprint density at radius 3 is 1.93 bits per heavy atom. The van der Waals surface area contributed by atoms with Crippen molar-refractivity contribution in [1.29, 1.82) is 0 Å². The van der Waals surface area contributed by atoms with E-state index in [2.05, 4.69) is 6.92 Å². The van der Waals surface area contributed by atoms with Gasteiger partial charge in [0.15, 0.2) is 0 Å². The molecule has 0 aromatic carbocycles. The highest BCUT2D eigenvalue weighted by molar-refractivity contribution is 6.60. The number of hydrogen-bond donors (Lipinski definition) is 1. The third kappa shape index (κ3) is 6.27. The molecule has 4 nitrogen and oxygen atoms in total. The first-order valence-corrected chi connectivity index (χ1v) is 7.79. The smallest absolute Gasteiger partial charge is 0.374 e. The highest BCUT2D eigenvalue weighted by atomic mass is 28.4. The minimum absolute atomic E-state index is 0.650. The van der Waals surface area contributed by atoms with Gasteiger partial charge in [-0.3, -0.25) is 0 Å². The summed E-state index contributed by atoms with van der Waals surface area (Å²) < 4.78 is 17.1. The van der Waals surface area contributed by atoms with Gasteiger partial charge in [0, 0.05) is 25.9 Å². The van der Waals surface area contributed by atoms with Crippen LogP contribution in [0.4, 0.5) is 0 Å². The van der Waals surface area contributed by atoms with E-state index in [0.717, 1.165) is 18.9 Å². The maximum absolute atomic E-state index is 5.80. The molecule has 0 unspecified atom stereocenters. The molecular weight excluding hydrogens is 210 g/mol. The van der Waals surface area contributed by atoms with Crippen LogP contribution in [-0.2, 0) is 13.3 Å². The SMILES string of the molecule is CCO[Si](CC)(OCC)OCCCCN. The van der Waals surface area contributed by atoms with Gasteiger partial charge in [-0.2, -0.15) is 0 Å². The molecule has 2 N–H and O–H groups in total. The van der Waals surface area contributed by atoms with Gasteiger partial charge in [-0.15, -0.1) is 0 Å². The Kier molecular flexibility index (Phi) is 9.33. The fraction of sp³-hybridized carbons (Fsp3) is 1.00. The normalized spacial score (nSPS) is 12.0. The lowest BCUT2D eigenvalue weighted by Crippen LogP contribution is -2.45. The Morgan fingerprint density at radius 2 is 1.53 bits per heavy atom. The molecule has 0 spiro atoms. The zero-order chi connectivity index (χ0) is 11.6. The van der Waals surface area contributed by atoms with Crippen molar-refractivity contribution >= 4 is 8.80 Å². The second kappa shape index (κ2) is 9.29. The molecule has 0 bridgehead atoms. The standard InChI is InChI=1S/C10H25NO3Si/c1-4-12-15(6-3,13-5-2)14-10-8-7-9-11/h4-11H2,1-3H3. The molecule has 0 amide bonds. The fourth-order valence-electron chi connectivity index (χ4n) is 1.35. The van der Waals surface area contributed by atoms with Crippen molar-refractivity contribution < 1.29 is 13.3 Å². The van der Waals surface area contributed by atoms with Crippen LogP contribution < -0.4 is 5.73 Å². The topological polar surface area (TPSA) is 53.7 Å². The minimum atomic E-state index is -2.36. The third-order valence-electron chi connectivity index (χ3n) is 2.08. The molecule has 0 radical (unpaired) electrons. The van der Waals surface area contributed by atoms with E-state index in [-0.39, 0.29) is 0 Å². The Morgan fingerprint density at radius 1 is 0.933 bits per heavy atom. The van der Waals surface area contributed by atoms with Gasteiger partial charge in [0.05, 0.1) is 0 Å². The molecule has 0 saturated carbocycles. The molecule has 0 atom stereocenters. The summed E-state index contributed by atoms with van der Waals surface area (Å²) in [4.78, 5) is 0. The van der Waals surface area contributed by atoms with E-state index in [1.165, 1.54) is 0 Å². The number of unbranched alkanes of at least 4 members (excludes halogenated alkanes) is 1. The van der Waals surface area contributed by atoms with Crippen LogP contribution in [0.2, 0.25) is 6.04 Å². The number of nitrogens with two attached hydrogens (primary N) is 1. The van der Waals surface area contributed by atoms with Crippen molar-refractivity contribution in [3.63, 3.8) is 0 Å². The van der Waals surface area contributed by atoms with Crippen LogP contribution in [0.1, 0.15) is 33.6 Å². The van der Waals surface area contributed by atoms with Crippen LogP contribution >= 0.6 is 0 Å². The zero-order valence-corrected chi connectivity index (χ0v) is 11.3. The lowest BCUT2D eigenvalue weighted by Gasteiger charge is -2.27. The number of rotatable bonds is 10. The summed E-state index contributed by atoms with van der Waals surface area (Å²) in [6.45, 7) is 8.71. The van der Waals surface area contributed by atoms with Crippen molar-refractivity contribution in [3.05, 3.63) is 0 Å². The highest BCUT2D eigenvalue weighted by Crippen LogP contribution is 2.15. The first-order chi connectivity index (χ1) is 7.24. The maximum Gasteiger partial charge on any atom is 0.500 e. The average Bonchev–Trinajstić information content (AvgIpc) is 2.25. The quantitative estimate of drug-likeness (QED) is 0.463. The average molecular weight is 235 g/mol. The molecule has 15 heavy (non-hydrogen) atoms. The summed E-state index contributed by atoms with van der Waals surface area (Å²) in [6, 6.07) is 0.831. The van der Waals surface area contributed by atoms with Crippen LogP contribution in [0, 0.1) is 0 Å². The molecular formula is C10H25NO3Si. The van der Waals surface area contributed by atoms with Crippen molar-refractivity contribution in [2.45, 2.75) is 39.7 Å². The van der Waals surface area contributed by atoms with Crippen molar-refractivity contribution in [2.75, 3.05) is 26.4 Å². The Hall–Kier alpha value is 0.0569. The molecule has 0 aromatic heterocycles. The van der Waals surface area contributed by atoms with E-state index in [1.807, 2.05) is 13.8 Å². The largest absolute Gasteiger partial charge is 0.500 e. The molecule has 0 heterocycles. The Labute approximate surface area is 94.5 Å². The van der Waals surface area contributed by atoms with Crippen LogP contribution in [0.25, 0.3) is 0 Å². The highest BCUT2D eigenvalue weighted by Gasteiger charge is 2.38. The van der Waals surface area contributed by atoms with E-state index < -0.39 is 8.80 Å². The predicted molar refractivity (Wildman–Crippen MR) is 63.7 cm³/mol. The second-order valence-corrected chi connectivity index (χ2v) is 6.19. The second-order valence-electron chi connectivity index (χ2n) is 3.25. The predicted octanol–water partition coefficient (Wildman–Crippen LogP) is 1.77. The molecule has 0 aliphatic carbocycles. The Bertz CT molecular complexity index is 141. The van der Waals surface area contributed by atoms with Gasteiger partial charge in [-0.25, -0.2) is 0 Å². The van der Waals surface area contributed by atoms with Crippen molar-refractivity contribution in [3.8, 4) is 0 Å². The van der Waals surface area contributed by atoms with Crippen LogP contribution in [-0.4, -0.2) is 35.2 Å². The van der Waals surface area contributed by atoms with Gasteiger partial charge in [-0.1, -0.05) is 6.92 Å². The summed E-state index contributed by atoms with van der Waals surface area (Å²) in [5, 5.41) is 0. The fourth-order valence-corrected chi connectivity index (χ4v) is 3.54. The maximum atomic E-state index is 5.80. The van der Waals surface area contributed by atoms with Crippen molar-refractivity contribution in [1.82, 2.24) is 0 Å². The molecule has 0 aliphatic rings. The monoisotopic (exact) mass is 235 g/mol. The lowest BCUT2D eigenvalue weighted by molar-refractivity contribution is 0.0671. The molecule has 0 fully saturated rings. The zero-order valence-electron chi connectivity index (χ0n) is 10.3. The first kappa shape index (κ1) is 15.1. The van der Waals surface area contributed by atoms with Gasteiger partial charge < -0.3 is 19.0 Å². The van der Waals surface area contributed by atoms with E-state index in [0.29, 0.717) is 26.4 Å². The summed E-state index contributed by atoms with van der Waals surface area (Å²) in [5.74, 6) is 0. The van der Waals surface area contributed by atoms with Gasteiger partial charge in [0.25, 0.3) is 0 Å². The summed E-state index contributed by atoms with van der Waals surface area (Å²) >= 11 is 0. The van der Waals surface area contributed by atoms with E-state index >= 15 is 0 Å². The van der Waals surface area contributed by atoms with Crippen LogP contribution in [0.15, 0.2) is 0 Å². The molecule has 0 rings (SSSR count). The first-order valence-electron chi connectivity index (χ1n) is 5.86. The van der Waals surface area contributed by atoms with E-state index in [9.17, 15) is 0 Å². The molecule has 0 aromatic rings. The van der Waals surface area contributed by atoms with E-state index in [4.69, 9.17) is 19.0 Å².